The second-order valence-corrected chi connectivity index (χ2v) is 5.90. The van der Waals surface area contributed by atoms with Crippen LogP contribution in [0.25, 0.3) is 0 Å². The average molecular weight is 442 g/mol. The molecular weight excluding hydrogens is 430 g/mol. The zero-order chi connectivity index (χ0) is 22.5. The minimum absolute atomic E-state index is 0.0222. The van der Waals surface area contributed by atoms with Gasteiger partial charge in [-0.3, -0.25) is 0 Å². The molecule has 0 fully saturated rings. The van der Waals surface area contributed by atoms with Crippen LogP contribution in [0.4, 0.5) is 43.9 Å². The second kappa shape index (κ2) is 8.93. The molecule has 0 saturated carbocycles. The fourth-order valence-electron chi connectivity index (χ4n) is 2.28. The number of hydrogen-bond acceptors (Lipinski definition) is 7. The van der Waals surface area contributed by atoms with Crippen LogP contribution in [0.3, 0.4) is 0 Å². The molecule has 0 bridgehead atoms. The maximum absolute atomic E-state index is 12.8. The summed E-state index contributed by atoms with van der Waals surface area (Å²) < 4.78 is 78.6. The van der Waals surface area contributed by atoms with E-state index in [4.69, 9.17) is 0 Å². The third-order valence-corrected chi connectivity index (χ3v) is 3.58. The Hall–Kier alpha value is -3.77. The van der Waals surface area contributed by atoms with Crippen LogP contribution in [0.1, 0.15) is 11.1 Å². The summed E-state index contributed by atoms with van der Waals surface area (Å²) in [5.74, 6) is -0.519. The van der Waals surface area contributed by atoms with Crippen molar-refractivity contribution >= 4 is 17.6 Å². The Kier molecular flexibility index (Phi) is 6.32. The lowest BCUT2D eigenvalue weighted by molar-refractivity contribution is -0.274. The van der Waals surface area contributed by atoms with Crippen LogP contribution in [0.2, 0.25) is 0 Å². The number of halogens is 6. The summed E-state index contributed by atoms with van der Waals surface area (Å²) in [5.41, 5.74) is -0.169. The van der Waals surface area contributed by atoms with Crippen LogP contribution < -0.4 is 10.1 Å². The predicted molar refractivity (Wildman–Crippen MR) is 95.9 cm³/mol. The lowest BCUT2D eigenvalue weighted by Crippen LogP contribution is -2.16. The van der Waals surface area contributed by atoms with E-state index in [2.05, 4.69) is 35.2 Å². The summed E-state index contributed by atoms with van der Waals surface area (Å²) in [5, 5.41) is 10.2. The van der Waals surface area contributed by atoms with Gasteiger partial charge in [0, 0.05) is 5.69 Å². The number of rotatable bonds is 6. The van der Waals surface area contributed by atoms with Crippen molar-refractivity contribution in [3.8, 4) is 5.75 Å². The number of nitrogens with zero attached hydrogens (tertiary/aromatic N) is 5. The second-order valence-electron chi connectivity index (χ2n) is 5.90. The van der Waals surface area contributed by atoms with Crippen LogP contribution in [-0.2, 0) is 12.7 Å². The first kappa shape index (κ1) is 21.9. The number of alkyl halides is 6. The van der Waals surface area contributed by atoms with E-state index in [9.17, 15) is 26.3 Å². The van der Waals surface area contributed by atoms with Crippen molar-refractivity contribution in [1.82, 2.24) is 15.0 Å². The Morgan fingerprint density at radius 2 is 1.68 bits per heavy atom. The van der Waals surface area contributed by atoms with E-state index in [-0.39, 0.29) is 29.9 Å². The van der Waals surface area contributed by atoms with Gasteiger partial charge in [0.05, 0.1) is 12.1 Å². The standard InChI is InChI=1S/C18H12F6N6O/c19-17(20,21)12-2-1-3-13(8-12)28-15-25-10-26-16(29-15)30-27-9-11-4-6-14(7-5-11)31-18(22,23)24/h1-8,10H,9H2,(H,25,26,28,29). The van der Waals surface area contributed by atoms with Gasteiger partial charge in [0.1, 0.15) is 12.1 Å². The first-order valence-corrected chi connectivity index (χ1v) is 8.44. The van der Waals surface area contributed by atoms with Crippen molar-refractivity contribution in [2.75, 3.05) is 5.32 Å². The van der Waals surface area contributed by atoms with E-state index in [1.165, 1.54) is 24.3 Å². The molecule has 2 aromatic carbocycles. The monoisotopic (exact) mass is 442 g/mol. The zero-order valence-corrected chi connectivity index (χ0v) is 15.3. The molecule has 0 amide bonds. The molecule has 0 aliphatic rings. The smallest absolute Gasteiger partial charge is 0.406 e. The van der Waals surface area contributed by atoms with Crippen molar-refractivity contribution in [1.29, 1.82) is 0 Å². The molecule has 0 aliphatic heterocycles. The highest BCUT2D eigenvalue weighted by molar-refractivity contribution is 5.55. The minimum Gasteiger partial charge on any atom is -0.406 e. The molecule has 7 nitrogen and oxygen atoms in total. The van der Waals surface area contributed by atoms with E-state index in [1.54, 1.807) is 0 Å². The van der Waals surface area contributed by atoms with E-state index < -0.39 is 18.1 Å². The van der Waals surface area contributed by atoms with E-state index in [0.29, 0.717) is 5.56 Å². The summed E-state index contributed by atoms with van der Waals surface area (Å²) in [6.07, 6.45) is -8.17. The molecule has 162 valence electrons. The van der Waals surface area contributed by atoms with Gasteiger partial charge in [-0.25, -0.2) is 4.98 Å². The third kappa shape index (κ3) is 6.90. The first-order chi connectivity index (χ1) is 14.6. The predicted octanol–water partition coefficient (Wildman–Crippen LogP) is 5.82. The van der Waals surface area contributed by atoms with E-state index in [1.807, 2.05) is 0 Å². The van der Waals surface area contributed by atoms with Crippen molar-refractivity contribution in [3.05, 3.63) is 66.0 Å². The maximum Gasteiger partial charge on any atom is 0.573 e. The molecule has 3 aromatic rings. The Morgan fingerprint density at radius 3 is 2.35 bits per heavy atom. The fraction of sp³-hybridized carbons (Fsp3) is 0.167. The zero-order valence-electron chi connectivity index (χ0n) is 15.3. The number of anilines is 2. The van der Waals surface area contributed by atoms with Gasteiger partial charge < -0.3 is 10.1 Å². The lowest BCUT2D eigenvalue weighted by Gasteiger charge is -2.09. The van der Waals surface area contributed by atoms with E-state index in [0.717, 1.165) is 30.6 Å². The molecule has 1 heterocycles. The van der Waals surface area contributed by atoms with E-state index >= 15 is 0 Å². The van der Waals surface area contributed by atoms with Gasteiger partial charge in [-0.15, -0.1) is 18.3 Å². The number of ether oxygens (including phenoxy) is 1. The van der Waals surface area contributed by atoms with Gasteiger partial charge in [0.25, 0.3) is 5.95 Å². The molecule has 13 heteroatoms. The topological polar surface area (TPSA) is 84.7 Å². The fourth-order valence-corrected chi connectivity index (χ4v) is 2.28. The highest BCUT2D eigenvalue weighted by Gasteiger charge is 2.31. The van der Waals surface area contributed by atoms with Gasteiger partial charge in [-0.1, -0.05) is 18.2 Å². The third-order valence-electron chi connectivity index (χ3n) is 3.58. The van der Waals surface area contributed by atoms with Crippen LogP contribution in [0, 0.1) is 0 Å². The van der Waals surface area contributed by atoms with Crippen molar-refractivity contribution in [2.24, 2.45) is 10.2 Å². The Morgan fingerprint density at radius 1 is 0.935 bits per heavy atom. The Labute approximate surface area is 170 Å². The Bertz CT molecular complexity index is 1050. The molecule has 1 aromatic heterocycles. The normalized spacial score (nSPS) is 12.2. The van der Waals surface area contributed by atoms with Crippen molar-refractivity contribution in [2.45, 2.75) is 19.1 Å². The summed E-state index contributed by atoms with van der Waals surface area (Å²) in [6, 6.07) is 9.51. The summed E-state index contributed by atoms with van der Waals surface area (Å²) >= 11 is 0. The molecule has 3 rings (SSSR count). The van der Waals surface area contributed by atoms with Crippen LogP contribution in [-0.4, -0.2) is 21.3 Å². The average Bonchev–Trinajstić information content (AvgIpc) is 2.68. The summed E-state index contributed by atoms with van der Waals surface area (Å²) in [7, 11) is 0. The summed E-state index contributed by atoms with van der Waals surface area (Å²) in [4.78, 5) is 11.5. The maximum atomic E-state index is 12.8. The van der Waals surface area contributed by atoms with Crippen LogP contribution >= 0.6 is 0 Å². The molecule has 0 atom stereocenters. The van der Waals surface area contributed by atoms with Gasteiger partial charge in [-0.2, -0.15) is 28.3 Å². The van der Waals surface area contributed by atoms with Crippen LogP contribution in [0.5, 0.6) is 5.75 Å². The molecule has 0 spiro atoms. The Balaban J connectivity index is 1.62. The number of benzene rings is 2. The molecule has 0 unspecified atom stereocenters. The minimum atomic E-state index is -4.78. The molecule has 0 aliphatic carbocycles. The van der Waals surface area contributed by atoms with Gasteiger partial charge >= 0.3 is 12.5 Å². The van der Waals surface area contributed by atoms with Crippen LogP contribution in [0.15, 0.2) is 65.1 Å². The highest BCUT2D eigenvalue weighted by atomic mass is 19.4. The molecule has 1 N–H and O–H groups in total. The van der Waals surface area contributed by atoms with Gasteiger partial charge in [0.2, 0.25) is 5.95 Å². The number of aromatic nitrogens is 3. The largest absolute Gasteiger partial charge is 0.573 e. The first-order valence-electron chi connectivity index (χ1n) is 8.44. The van der Waals surface area contributed by atoms with Crippen molar-refractivity contribution < 1.29 is 31.1 Å². The highest BCUT2D eigenvalue weighted by Crippen LogP contribution is 2.31. The number of nitrogens with one attached hydrogen (secondary N) is 1. The quantitative estimate of drug-likeness (QED) is 0.384. The van der Waals surface area contributed by atoms with Crippen molar-refractivity contribution in [3.63, 3.8) is 0 Å². The SMILES string of the molecule is FC(F)(F)Oc1ccc(CN=Nc2ncnc(Nc3cccc(C(F)(F)F)c3)n2)cc1. The molecular formula is C18H12F6N6O. The number of hydrogen-bond donors (Lipinski definition) is 1. The molecule has 31 heavy (non-hydrogen) atoms. The molecule has 0 radical (unpaired) electrons. The van der Waals surface area contributed by atoms with Gasteiger partial charge in [0.15, 0.2) is 0 Å². The lowest BCUT2D eigenvalue weighted by atomic mass is 10.2. The molecule has 0 saturated heterocycles. The summed E-state index contributed by atoms with van der Waals surface area (Å²) in [6.45, 7) is 0.0222. The number of azo groups is 1. The van der Waals surface area contributed by atoms with Gasteiger partial charge in [-0.05, 0) is 35.9 Å².